The minimum Gasteiger partial charge on any atom is -0.492 e. The maximum Gasteiger partial charge on any atom is 0.191 e. The van der Waals surface area contributed by atoms with Gasteiger partial charge in [0.15, 0.2) is 5.96 Å². The molecule has 0 saturated carbocycles. The van der Waals surface area contributed by atoms with Crippen LogP contribution in [0.5, 0.6) is 5.75 Å². The molecule has 2 N–H and O–H groups in total. The Hall–Kier alpha value is -1.87. The molecular formula is C22H32FIN4O. The number of nitrogens with one attached hydrogen (secondary N) is 2. The summed E-state index contributed by atoms with van der Waals surface area (Å²) in [5.41, 5.74) is 2.05. The molecule has 2 aromatic carbocycles. The van der Waals surface area contributed by atoms with Crippen molar-refractivity contribution < 1.29 is 9.13 Å². The molecule has 2 aromatic rings. The van der Waals surface area contributed by atoms with Crippen LogP contribution in [0.4, 0.5) is 4.39 Å². The van der Waals surface area contributed by atoms with Crippen LogP contribution in [0.1, 0.15) is 18.1 Å². The van der Waals surface area contributed by atoms with E-state index in [0.717, 1.165) is 42.3 Å². The van der Waals surface area contributed by atoms with Gasteiger partial charge in [-0.3, -0.25) is 0 Å². The first-order chi connectivity index (χ1) is 13.6. The Labute approximate surface area is 190 Å². The minimum absolute atomic E-state index is 0. The summed E-state index contributed by atoms with van der Waals surface area (Å²) < 4.78 is 19.0. The molecule has 0 fully saturated rings. The molecule has 7 heteroatoms. The Morgan fingerprint density at radius 3 is 2.55 bits per heavy atom. The molecule has 0 spiro atoms. The molecule has 0 saturated heterocycles. The van der Waals surface area contributed by atoms with E-state index in [1.807, 2.05) is 51.4 Å². The highest BCUT2D eigenvalue weighted by atomic mass is 127. The molecule has 0 bridgehead atoms. The zero-order valence-electron chi connectivity index (χ0n) is 17.5. The van der Waals surface area contributed by atoms with Crippen molar-refractivity contribution in [2.24, 2.45) is 4.99 Å². The number of likely N-dealkylation sites (N-methyl/N-ethyl adjacent to an activating group) is 1. The van der Waals surface area contributed by atoms with Crippen molar-refractivity contribution in [1.29, 1.82) is 0 Å². The second-order valence-electron chi connectivity index (χ2n) is 6.80. The predicted molar refractivity (Wildman–Crippen MR) is 129 cm³/mol. The van der Waals surface area contributed by atoms with Gasteiger partial charge in [0.05, 0.1) is 6.54 Å². The molecule has 0 atom stereocenters. The van der Waals surface area contributed by atoms with E-state index in [1.165, 1.54) is 6.07 Å². The Morgan fingerprint density at radius 1 is 1.07 bits per heavy atom. The van der Waals surface area contributed by atoms with E-state index in [0.29, 0.717) is 19.7 Å². The van der Waals surface area contributed by atoms with Crippen LogP contribution >= 0.6 is 24.0 Å². The maximum absolute atomic E-state index is 13.3. The Bertz CT molecular complexity index is 755. The number of aliphatic imine (C=N–C) groups is 1. The van der Waals surface area contributed by atoms with Gasteiger partial charge in [-0.2, -0.15) is 0 Å². The van der Waals surface area contributed by atoms with Gasteiger partial charge in [-0.05, 0) is 62.8 Å². The van der Waals surface area contributed by atoms with E-state index in [1.54, 1.807) is 12.1 Å². The zero-order valence-corrected chi connectivity index (χ0v) is 19.8. The first-order valence-electron chi connectivity index (χ1n) is 9.70. The highest BCUT2D eigenvalue weighted by molar-refractivity contribution is 14.0. The lowest BCUT2D eigenvalue weighted by atomic mass is 10.1. The van der Waals surface area contributed by atoms with Crippen molar-refractivity contribution >= 4 is 29.9 Å². The lowest BCUT2D eigenvalue weighted by Gasteiger charge is -2.12. The zero-order chi connectivity index (χ0) is 20.2. The molecule has 5 nitrogen and oxygen atoms in total. The number of hydrogen-bond donors (Lipinski definition) is 2. The van der Waals surface area contributed by atoms with Crippen LogP contribution < -0.4 is 15.4 Å². The van der Waals surface area contributed by atoms with Crippen molar-refractivity contribution in [2.45, 2.75) is 19.9 Å². The summed E-state index contributed by atoms with van der Waals surface area (Å²) >= 11 is 0. The van der Waals surface area contributed by atoms with E-state index in [-0.39, 0.29) is 29.8 Å². The molecule has 0 aliphatic rings. The summed E-state index contributed by atoms with van der Waals surface area (Å²) in [5.74, 6) is 1.40. The van der Waals surface area contributed by atoms with Crippen LogP contribution in [0.15, 0.2) is 53.5 Å². The van der Waals surface area contributed by atoms with Crippen LogP contribution in [-0.2, 0) is 13.0 Å². The topological polar surface area (TPSA) is 48.9 Å². The average molecular weight is 514 g/mol. The summed E-state index contributed by atoms with van der Waals surface area (Å²) in [6.45, 7) is 5.58. The van der Waals surface area contributed by atoms with Gasteiger partial charge < -0.3 is 20.3 Å². The molecule has 0 aliphatic heterocycles. The van der Waals surface area contributed by atoms with E-state index in [2.05, 4.69) is 20.5 Å². The number of nitrogens with zero attached hydrogens (tertiary/aromatic N) is 2. The highest BCUT2D eigenvalue weighted by Crippen LogP contribution is 2.14. The van der Waals surface area contributed by atoms with Gasteiger partial charge in [0.2, 0.25) is 0 Å². The van der Waals surface area contributed by atoms with Gasteiger partial charge in [0.25, 0.3) is 0 Å². The third kappa shape index (κ3) is 10.5. The van der Waals surface area contributed by atoms with E-state index in [9.17, 15) is 4.39 Å². The molecule has 160 valence electrons. The lowest BCUT2D eigenvalue weighted by molar-refractivity contribution is 0.261. The average Bonchev–Trinajstić information content (AvgIpc) is 2.66. The number of halogens is 2. The van der Waals surface area contributed by atoms with Crippen LogP contribution in [0.3, 0.4) is 0 Å². The number of guanidine groups is 1. The summed E-state index contributed by atoms with van der Waals surface area (Å²) in [6, 6.07) is 14.7. The van der Waals surface area contributed by atoms with Crippen LogP contribution in [0, 0.1) is 5.82 Å². The van der Waals surface area contributed by atoms with Crippen molar-refractivity contribution in [3.8, 4) is 5.75 Å². The fraction of sp³-hybridized carbons (Fsp3) is 0.409. The molecule has 0 radical (unpaired) electrons. The monoisotopic (exact) mass is 514 g/mol. The van der Waals surface area contributed by atoms with Crippen LogP contribution in [-0.4, -0.2) is 51.2 Å². The smallest absolute Gasteiger partial charge is 0.191 e. The molecular weight excluding hydrogens is 482 g/mol. The number of rotatable bonds is 10. The predicted octanol–water partition coefficient (Wildman–Crippen LogP) is 3.68. The quantitative estimate of drug-likeness (QED) is 0.289. The van der Waals surface area contributed by atoms with Gasteiger partial charge >= 0.3 is 0 Å². The molecule has 0 amide bonds. The first-order valence-corrected chi connectivity index (χ1v) is 9.70. The van der Waals surface area contributed by atoms with Crippen molar-refractivity contribution in [1.82, 2.24) is 15.5 Å². The maximum atomic E-state index is 13.3. The lowest BCUT2D eigenvalue weighted by Crippen LogP contribution is -2.38. The molecule has 29 heavy (non-hydrogen) atoms. The standard InChI is InChI=1S/C22H31FN4O.HI/c1-4-24-22(25-12-11-18-7-5-9-20(23)15-18)26-17-19-8-6-10-21(16-19)28-14-13-27(2)3;/h5-10,15-16H,4,11-14,17H2,1-3H3,(H2,24,25,26);1H. The number of ether oxygens (including phenoxy) is 1. The van der Waals surface area contributed by atoms with Crippen LogP contribution in [0.25, 0.3) is 0 Å². The van der Waals surface area contributed by atoms with Gasteiger partial charge in [-0.25, -0.2) is 9.38 Å². The minimum atomic E-state index is -0.203. The molecule has 0 aromatic heterocycles. The Kier molecular flexibility index (Phi) is 12.3. The SMILES string of the molecule is CCNC(=NCc1cccc(OCCN(C)C)c1)NCCc1cccc(F)c1.I. The van der Waals surface area contributed by atoms with Crippen molar-refractivity contribution in [3.63, 3.8) is 0 Å². The molecule has 0 aliphatic carbocycles. The van der Waals surface area contributed by atoms with Gasteiger partial charge in [0, 0.05) is 19.6 Å². The highest BCUT2D eigenvalue weighted by Gasteiger charge is 2.01. The van der Waals surface area contributed by atoms with Crippen molar-refractivity contribution in [3.05, 3.63) is 65.5 Å². The first kappa shape index (κ1) is 25.2. The largest absolute Gasteiger partial charge is 0.492 e. The third-order valence-electron chi connectivity index (χ3n) is 4.06. The number of hydrogen-bond acceptors (Lipinski definition) is 3. The second-order valence-corrected chi connectivity index (χ2v) is 6.80. The van der Waals surface area contributed by atoms with E-state index in [4.69, 9.17) is 4.74 Å². The van der Waals surface area contributed by atoms with Crippen molar-refractivity contribution in [2.75, 3.05) is 40.3 Å². The fourth-order valence-electron chi connectivity index (χ4n) is 2.61. The van der Waals surface area contributed by atoms with Gasteiger partial charge in [0.1, 0.15) is 18.2 Å². The summed E-state index contributed by atoms with van der Waals surface area (Å²) in [6.07, 6.45) is 0.734. The molecule has 0 unspecified atom stereocenters. The Balaban J connectivity index is 0.00000420. The van der Waals surface area contributed by atoms with E-state index < -0.39 is 0 Å². The normalized spacial score (nSPS) is 11.1. The number of benzene rings is 2. The molecule has 2 rings (SSSR count). The van der Waals surface area contributed by atoms with Gasteiger partial charge in [-0.1, -0.05) is 24.3 Å². The summed E-state index contributed by atoms with van der Waals surface area (Å²) in [5, 5.41) is 6.54. The summed E-state index contributed by atoms with van der Waals surface area (Å²) in [4.78, 5) is 6.73. The van der Waals surface area contributed by atoms with E-state index >= 15 is 0 Å². The van der Waals surface area contributed by atoms with Crippen LogP contribution in [0.2, 0.25) is 0 Å². The Morgan fingerprint density at radius 2 is 1.83 bits per heavy atom. The fourth-order valence-corrected chi connectivity index (χ4v) is 2.61. The van der Waals surface area contributed by atoms with Gasteiger partial charge in [-0.15, -0.1) is 24.0 Å². The molecule has 0 heterocycles. The second kappa shape index (κ2) is 14.2. The third-order valence-corrected chi connectivity index (χ3v) is 4.06. The summed E-state index contributed by atoms with van der Waals surface area (Å²) in [7, 11) is 4.05.